The van der Waals surface area contributed by atoms with Crippen LogP contribution in [-0.2, 0) is 0 Å². The summed E-state index contributed by atoms with van der Waals surface area (Å²) in [5.74, 6) is 0.379. The Hall–Kier alpha value is 0.176. The summed E-state index contributed by atoms with van der Waals surface area (Å²) < 4.78 is 0. The van der Waals surface area contributed by atoms with Crippen LogP contribution in [0.5, 0.6) is 0 Å². The van der Waals surface area contributed by atoms with Crippen molar-refractivity contribution >= 4 is 19.8 Å². The Morgan fingerprint density at radius 2 is 1.11 bits per heavy atom. The number of allylic oxidation sites excluding steroid dienone is 2. The zero-order chi connectivity index (χ0) is 14.1. The molecular formula is C17H33GaO-. The van der Waals surface area contributed by atoms with Gasteiger partial charge in [-0.1, -0.05) is 85.1 Å². The Labute approximate surface area is 135 Å². The van der Waals surface area contributed by atoms with Crippen molar-refractivity contribution in [2.75, 3.05) is 0 Å². The van der Waals surface area contributed by atoms with Crippen LogP contribution in [0.4, 0.5) is 0 Å². The molecule has 0 fully saturated rings. The third-order valence-electron chi connectivity index (χ3n) is 3.00. The van der Waals surface area contributed by atoms with Gasteiger partial charge in [-0.05, 0) is 19.3 Å². The molecule has 0 saturated carbocycles. The number of hydrogen-bond donors (Lipinski definition) is 0. The van der Waals surface area contributed by atoms with Gasteiger partial charge in [0, 0.05) is 19.8 Å². The van der Waals surface area contributed by atoms with Crippen LogP contribution in [0.2, 0.25) is 0 Å². The van der Waals surface area contributed by atoms with Gasteiger partial charge in [0.2, 0.25) is 0 Å². The van der Waals surface area contributed by atoms with Gasteiger partial charge in [0.1, 0.15) is 0 Å². The van der Waals surface area contributed by atoms with Gasteiger partial charge in [0.15, 0.2) is 0 Å². The van der Waals surface area contributed by atoms with Crippen LogP contribution >= 0.6 is 0 Å². The molecule has 111 valence electrons. The molecule has 0 aromatic heterocycles. The topological polar surface area (TPSA) is 23.1 Å². The van der Waals surface area contributed by atoms with Crippen molar-refractivity contribution in [3.63, 3.8) is 0 Å². The average Bonchev–Trinajstić information content (AvgIpc) is 2.46. The van der Waals surface area contributed by atoms with E-state index in [2.05, 4.69) is 13.8 Å². The van der Waals surface area contributed by atoms with Crippen molar-refractivity contribution in [1.29, 1.82) is 0 Å². The molecule has 0 amide bonds. The molecule has 2 heteroatoms. The minimum Gasteiger partial charge on any atom is -0.876 e. The summed E-state index contributed by atoms with van der Waals surface area (Å²) in [6.07, 6.45) is 15.5. The van der Waals surface area contributed by atoms with Gasteiger partial charge in [-0.15, -0.1) is 5.76 Å². The molecule has 0 aliphatic heterocycles. The molecule has 1 rings (SSSR count). The van der Waals surface area contributed by atoms with Gasteiger partial charge in [0.05, 0.1) is 0 Å². The summed E-state index contributed by atoms with van der Waals surface area (Å²) in [4.78, 5) is 0. The number of rotatable bonds is 0. The van der Waals surface area contributed by atoms with E-state index in [0.29, 0.717) is 5.76 Å². The maximum atomic E-state index is 11.3. The first-order valence-corrected chi connectivity index (χ1v) is 7.67. The molecule has 0 saturated heterocycles. The van der Waals surface area contributed by atoms with Gasteiger partial charge < -0.3 is 5.11 Å². The predicted molar refractivity (Wildman–Crippen MR) is 86.7 cm³/mol. The van der Waals surface area contributed by atoms with Crippen LogP contribution in [0.25, 0.3) is 0 Å². The second kappa shape index (κ2) is 23.3. The molecule has 0 heterocycles. The largest absolute Gasteiger partial charge is 0.876 e. The first kappa shape index (κ1) is 24.2. The molecule has 1 aliphatic carbocycles. The van der Waals surface area contributed by atoms with Crippen LogP contribution in [0, 0.1) is 13.8 Å². The van der Waals surface area contributed by atoms with Gasteiger partial charge >= 0.3 is 0 Å². The maximum Gasteiger partial charge on any atom is 0 e. The molecule has 0 bridgehead atoms. The van der Waals surface area contributed by atoms with E-state index in [9.17, 15) is 5.11 Å². The van der Waals surface area contributed by atoms with E-state index in [1.54, 1.807) is 13.8 Å². The Morgan fingerprint density at radius 3 is 1.58 bits per heavy atom. The fraction of sp³-hybridized carbons (Fsp3) is 0.765. The van der Waals surface area contributed by atoms with Gasteiger partial charge in [-0.25, -0.2) is 0 Å². The summed E-state index contributed by atoms with van der Waals surface area (Å²) in [5, 5.41) is 11.3. The van der Waals surface area contributed by atoms with Crippen LogP contribution in [0.1, 0.15) is 84.5 Å². The standard InChI is InChI=1S/C13H24O.2C2H5.Ga/c14-13-11-9-7-5-3-1-2-4-6-8-10-12-13;2*1-2;/h11,14H,1-10,12H2;2*1H2,2H3;/p-1/b13-11+;;;. The smallest absolute Gasteiger partial charge is 0 e. The fourth-order valence-electron chi connectivity index (χ4n) is 2.05. The van der Waals surface area contributed by atoms with Crippen LogP contribution in [0.15, 0.2) is 11.8 Å². The molecule has 1 aliphatic rings. The van der Waals surface area contributed by atoms with Crippen LogP contribution < -0.4 is 5.11 Å². The minimum absolute atomic E-state index is 0. The van der Waals surface area contributed by atoms with Gasteiger partial charge in [-0.2, -0.15) is 0 Å². The van der Waals surface area contributed by atoms with E-state index in [-0.39, 0.29) is 19.8 Å². The van der Waals surface area contributed by atoms with E-state index < -0.39 is 0 Å². The van der Waals surface area contributed by atoms with E-state index in [4.69, 9.17) is 0 Å². The zero-order valence-corrected chi connectivity index (χ0v) is 15.7. The molecule has 0 atom stereocenters. The molecule has 1 nitrogen and oxygen atoms in total. The summed E-state index contributed by atoms with van der Waals surface area (Å²) in [6, 6.07) is 0. The Bertz CT molecular complexity index is 167. The molecule has 19 heavy (non-hydrogen) atoms. The Kier molecular flexibility index (Phi) is 29.7. The second-order valence-corrected chi connectivity index (χ2v) is 4.39. The quantitative estimate of drug-likeness (QED) is 0.585. The van der Waals surface area contributed by atoms with E-state index in [0.717, 1.165) is 19.3 Å². The number of hydrogen-bond acceptors (Lipinski definition) is 1. The Morgan fingerprint density at radius 1 is 0.737 bits per heavy atom. The average molecular weight is 323 g/mol. The first-order valence-electron chi connectivity index (χ1n) is 7.67. The third-order valence-corrected chi connectivity index (χ3v) is 3.00. The van der Waals surface area contributed by atoms with E-state index >= 15 is 0 Å². The SMILES string of the molecule is [CH2]C.[CH2]C.[Ga].[O-]/C1=C/CCCCCCCCCCC1. The van der Waals surface area contributed by atoms with Crippen molar-refractivity contribution in [1.82, 2.24) is 0 Å². The zero-order valence-electron chi connectivity index (χ0n) is 13.3. The third kappa shape index (κ3) is 20.7. The molecule has 0 unspecified atom stereocenters. The molecule has 0 aromatic carbocycles. The van der Waals surface area contributed by atoms with Gasteiger partial charge in [0.25, 0.3) is 0 Å². The summed E-state index contributed by atoms with van der Waals surface area (Å²) in [5.41, 5.74) is 0. The second-order valence-electron chi connectivity index (χ2n) is 4.39. The van der Waals surface area contributed by atoms with Crippen molar-refractivity contribution in [2.45, 2.75) is 84.5 Å². The molecule has 0 N–H and O–H groups in total. The first-order chi connectivity index (χ1) is 8.89. The predicted octanol–water partition coefficient (Wildman–Crippen LogP) is 4.84. The monoisotopic (exact) mass is 322 g/mol. The molecule has 0 spiro atoms. The van der Waals surface area contributed by atoms with Gasteiger partial charge in [-0.3, -0.25) is 0 Å². The Balaban J connectivity index is -0.000000467. The van der Waals surface area contributed by atoms with Crippen molar-refractivity contribution in [3.05, 3.63) is 25.7 Å². The normalized spacial score (nSPS) is 20.1. The van der Waals surface area contributed by atoms with Crippen molar-refractivity contribution in [3.8, 4) is 0 Å². The molecular weight excluding hydrogens is 290 g/mol. The van der Waals surface area contributed by atoms with E-state index in [1.807, 2.05) is 6.08 Å². The molecule has 0 aromatic rings. The summed E-state index contributed by atoms with van der Waals surface area (Å²) >= 11 is 0. The van der Waals surface area contributed by atoms with Crippen LogP contribution in [0.3, 0.4) is 0 Å². The fourth-order valence-corrected chi connectivity index (χ4v) is 2.05. The van der Waals surface area contributed by atoms with Crippen molar-refractivity contribution < 1.29 is 5.11 Å². The van der Waals surface area contributed by atoms with E-state index in [1.165, 1.54) is 51.4 Å². The summed E-state index contributed by atoms with van der Waals surface area (Å²) in [6.45, 7) is 10.0. The molecule has 5 radical (unpaired) electrons. The van der Waals surface area contributed by atoms with Crippen LogP contribution in [-0.4, -0.2) is 19.8 Å². The summed E-state index contributed by atoms with van der Waals surface area (Å²) in [7, 11) is 0. The minimum atomic E-state index is 0. The van der Waals surface area contributed by atoms with Crippen molar-refractivity contribution in [2.24, 2.45) is 0 Å². The maximum absolute atomic E-state index is 11.3.